The number of hydrogen-bond acceptors (Lipinski definition) is 3. The molecule has 21 heavy (non-hydrogen) atoms. The number of halogens is 2. The van der Waals surface area contributed by atoms with Crippen LogP contribution in [0.1, 0.15) is 12.0 Å². The molecule has 4 nitrogen and oxygen atoms in total. The molecule has 0 aliphatic carbocycles. The Morgan fingerprint density at radius 2 is 1.90 bits per heavy atom. The topological polar surface area (TPSA) is 35.6 Å². The number of benzene rings is 1. The number of nitrogens with zero attached hydrogens (tertiary/aromatic N) is 2. The van der Waals surface area contributed by atoms with E-state index in [9.17, 15) is 4.79 Å². The Labute approximate surface area is 138 Å². The Balaban J connectivity index is 0.00000110. The van der Waals surface area contributed by atoms with Gasteiger partial charge in [0.05, 0.1) is 6.54 Å². The predicted molar refractivity (Wildman–Crippen MR) is 90.9 cm³/mol. The minimum Gasteiger partial charge on any atom is -0.362 e. The van der Waals surface area contributed by atoms with E-state index in [1.165, 1.54) is 11.3 Å². The molecule has 2 aliphatic rings. The zero-order valence-electron chi connectivity index (χ0n) is 12.1. The molecular formula is C15H23Cl2N3O. The van der Waals surface area contributed by atoms with Crippen molar-refractivity contribution < 1.29 is 4.79 Å². The van der Waals surface area contributed by atoms with Gasteiger partial charge in [-0.05, 0) is 31.0 Å². The van der Waals surface area contributed by atoms with E-state index < -0.39 is 0 Å². The number of carbonyl (C=O) groups excluding carboxylic acids is 1. The highest BCUT2D eigenvalue weighted by atomic mass is 35.5. The Morgan fingerprint density at radius 3 is 2.76 bits per heavy atom. The van der Waals surface area contributed by atoms with Crippen molar-refractivity contribution >= 4 is 36.4 Å². The lowest BCUT2D eigenvalue weighted by Gasteiger charge is -2.25. The van der Waals surface area contributed by atoms with E-state index in [2.05, 4.69) is 34.5 Å². The lowest BCUT2D eigenvalue weighted by Crippen LogP contribution is -2.41. The van der Waals surface area contributed by atoms with Crippen LogP contribution in [0.25, 0.3) is 0 Å². The van der Waals surface area contributed by atoms with E-state index in [-0.39, 0.29) is 30.7 Å². The summed E-state index contributed by atoms with van der Waals surface area (Å²) in [6, 6.07) is 8.41. The average Bonchev–Trinajstić information content (AvgIpc) is 2.66. The summed E-state index contributed by atoms with van der Waals surface area (Å²) in [5.41, 5.74) is 2.61. The molecule has 118 valence electrons. The van der Waals surface area contributed by atoms with Crippen molar-refractivity contribution in [3.8, 4) is 0 Å². The van der Waals surface area contributed by atoms with E-state index in [0.29, 0.717) is 6.54 Å². The van der Waals surface area contributed by atoms with E-state index in [4.69, 9.17) is 0 Å². The average molecular weight is 332 g/mol. The summed E-state index contributed by atoms with van der Waals surface area (Å²) in [5.74, 6) is 0.264. The lowest BCUT2D eigenvalue weighted by molar-refractivity contribution is -0.129. The molecule has 1 fully saturated rings. The van der Waals surface area contributed by atoms with Crippen LogP contribution in [0.3, 0.4) is 0 Å². The second-order valence-corrected chi connectivity index (χ2v) is 5.28. The van der Waals surface area contributed by atoms with Crippen molar-refractivity contribution in [1.29, 1.82) is 0 Å². The molecule has 1 saturated heterocycles. The molecule has 1 N–H and O–H groups in total. The molecule has 0 bridgehead atoms. The molecule has 6 heteroatoms. The third-order valence-corrected chi connectivity index (χ3v) is 4.00. The van der Waals surface area contributed by atoms with Crippen LogP contribution in [0.15, 0.2) is 24.3 Å². The highest BCUT2D eigenvalue weighted by Gasteiger charge is 2.23. The fourth-order valence-electron chi connectivity index (χ4n) is 2.93. The lowest BCUT2D eigenvalue weighted by atomic mass is 10.2. The molecule has 1 aromatic carbocycles. The van der Waals surface area contributed by atoms with Gasteiger partial charge in [-0.2, -0.15) is 0 Å². The van der Waals surface area contributed by atoms with Crippen molar-refractivity contribution in [2.75, 3.05) is 44.2 Å². The minimum absolute atomic E-state index is 0. The first-order valence-corrected chi connectivity index (χ1v) is 7.16. The van der Waals surface area contributed by atoms with Crippen molar-refractivity contribution in [2.45, 2.75) is 12.8 Å². The third kappa shape index (κ3) is 4.25. The van der Waals surface area contributed by atoms with Crippen molar-refractivity contribution in [3.63, 3.8) is 0 Å². The summed E-state index contributed by atoms with van der Waals surface area (Å²) in [5, 5.41) is 3.33. The second-order valence-electron chi connectivity index (χ2n) is 5.28. The summed E-state index contributed by atoms with van der Waals surface area (Å²) in [6.07, 6.45) is 2.12. The van der Waals surface area contributed by atoms with Crippen LogP contribution < -0.4 is 10.2 Å². The van der Waals surface area contributed by atoms with E-state index in [1.54, 1.807) is 0 Å². The number of para-hydroxylation sites is 1. The molecule has 2 aliphatic heterocycles. The molecule has 3 rings (SSSR count). The van der Waals surface area contributed by atoms with Gasteiger partial charge >= 0.3 is 0 Å². The van der Waals surface area contributed by atoms with Gasteiger partial charge in [0.1, 0.15) is 0 Å². The molecule has 0 spiro atoms. The molecule has 0 unspecified atom stereocenters. The number of fused-ring (bicyclic) bond motifs is 1. The molecular weight excluding hydrogens is 309 g/mol. The predicted octanol–water partition coefficient (Wildman–Crippen LogP) is 1.71. The zero-order valence-corrected chi connectivity index (χ0v) is 13.7. The number of nitrogens with one attached hydrogen (secondary N) is 1. The standard InChI is InChI=1S/C15H21N3O.2ClH/c19-15(17-9-3-7-16-8-11-17)12-18-10-6-13-4-1-2-5-14(13)18;;/h1-2,4-5,16H,3,6-12H2;2*1H. The first kappa shape index (κ1) is 18.1. The summed E-state index contributed by atoms with van der Waals surface area (Å²) >= 11 is 0. The Morgan fingerprint density at radius 1 is 1.10 bits per heavy atom. The van der Waals surface area contributed by atoms with Crippen LogP contribution in [0.5, 0.6) is 0 Å². The van der Waals surface area contributed by atoms with Crippen LogP contribution in [-0.2, 0) is 11.2 Å². The number of carbonyl (C=O) groups is 1. The van der Waals surface area contributed by atoms with Gasteiger partial charge < -0.3 is 15.1 Å². The summed E-state index contributed by atoms with van der Waals surface area (Å²) in [4.78, 5) is 16.6. The molecule has 0 radical (unpaired) electrons. The van der Waals surface area contributed by atoms with Gasteiger partial charge in [-0.3, -0.25) is 4.79 Å². The maximum Gasteiger partial charge on any atom is 0.242 e. The van der Waals surface area contributed by atoms with Crippen LogP contribution in [0.2, 0.25) is 0 Å². The van der Waals surface area contributed by atoms with Crippen LogP contribution in [0, 0.1) is 0 Å². The Hall–Kier alpha value is -0.970. The summed E-state index contributed by atoms with van der Waals surface area (Å²) < 4.78 is 0. The number of amides is 1. The van der Waals surface area contributed by atoms with Gasteiger partial charge in [-0.15, -0.1) is 24.8 Å². The zero-order chi connectivity index (χ0) is 13.1. The van der Waals surface area contributed by atoms with Gasteiger partial charge in [0.25, 0.3) is 0 Å². The van der Waals surface area contributed by atoms with Crippen LogP contribution in [-0.4, -0.2) is 50.1 Å². The smallest absolute Gasteiger partial charge is 0.242 e. The maximum atomic E-state index is 12.4. The highest BCUT2D eigenvalue weighted by molar-refractivity contribution is 5.85. The highest BCUT2D eigenvalue weighted by Crippen LogP contribution is 2.27. The first-order valence-electron chi connectivity index (χ1n) is 7.16. The normalized spacial score (nSPS) is 17.3. The monoisotopic (exact) mass is 331 g/mol. The minimum atomic E-state index is 0. The SMILES string of the molecule is Cl.Cl.O=C(CN1CCc2ccccc21)N1CCCNCC1. The molecule has 0 saturated carbocycles. The molecule has 1 aromatic rings. The number of anilines is 1. The van der Waals surface area contributed by atoms with Gasteiger partial charge in [0, 0.05) is 31.9 Å². The maximum absolute atomic E-state index is 12.4. The Bertz CT molecular complexity index is 462. The third-order valence-electron chi connectivity index (χ3n) is 4.00. The molecule has 0 atom stereocenters. The van der Waals surface area contributed by atoms with Crippen molar-refractivity contribution in [1.82, 2.24) is 10.2 Å². The van der Waals surface area contributed by atoms with Gasteiger partial charge in [-0.1, -0.05) is 18.2 Å². The molecule has 1 amide bonds. The molecule has 2 heterocycles. The van der Waals surface area contributed by atoms with Crippen LogP contribution >= 0.6 is 24.8 Å². The molecule has 0 aromatic heterocycles. The second kappa shape index (κ2) is 8.47. The fraction of sp³-hybridized carbons (Fsp3) is 0.533. The van der Waals surface area contributed by atoms with Gasteiger partial charge in [-0.25, -0.2) is 0 Å². The van der Waals surface area contributed by atoms with Crippen molar-refractivity contribution in [2.24, 2.45) is 0 Å². The fourth-order valence-corrected chi connectivity index (χ4v) is 2.93. The van der Waals surface area contributed by atoms with Crippen LogP contribution in [0.4, 0.5) is 5.69 Å². The first-order chi connectivity index (χ1) is 9.34. The number of rotatable bonds is 2. The summed E-state index contributed by atoms with van der Waals surface area (Å²) in [7, 11) is 0. The van der Waals surface area contributed by atoms with E-state index in [0.717, 1.165) is 45.6 Å². The quantitative estimate of drug-likeness (QED) is 0.896. The largest absolute Gasteiger partial charge is 0.362 e. The van der Waals surface area contributed by atoms with Gasteiger partial charge in [0.2, 0.25) is 5.91 Å². The van der Waals surface area contributed by atoms with Crippen molar-refractivity contribution in [3.05, 3.63) is 29.8 Å². The van der Waals surface area contributed by atoms with E-state index in [1.807, 2.05) is 4.90 Å². The summed E-state index contributed by atoms with van der Waals surface area (Å²) in [6.45, 7) is 5.17. The van der Waals surface area contributed by atoms with E-state index >= 15 is 0 Å². The Kier molecular flexibility index (Phi) is 7.29. The van der Waals surface area contributed by atoms with Gasteiger partial charge in [0.15, 0.2) is 0 Å². The number of hydrogen-bond donors (Lipinski definition) is 1.